The fourth-order valence-corrected chi connectivity index (χ4v) is 7.12. The van der Waals surface area contributed by atoms with E-state index in [0.717, 1.165) is 57.2 Å². The number of nitrogens with zero attached hydrogens (tertiary/aromatic N) is 4. The van der Waals surface area contributed by atoms with Gasteiger partial charge in [0, 0.05) is 62.7 Å². The molecule has 5 rings (SSSR count). The molecule has 0 radical (unpaired) electrons. The molecule has 3 fully saturated rings. The number of nitro groups is 1. The van der Waals surface area contributed by atoms with E-state index in [4.69, 9.17) is 4.74 Å². The highest BCUT2D eigenvalue weighted by Crippen LogP contribution is 2.39. The first-order valence-electron chi connectivity index (χ1n) is 15.8. The molecule has 10 heteroatoms. The van der Waals surface area contributed by atoms with E-state index in [1.165, 1.54) is 18.6 Å². The molecule has 3 aliphatic rings. The van der Waals surface area contributed by atoms with Crippen LogP contribution in [0.15, 0.2) is 67.3 Å². The Kier molecular flexibility index (Phi) is 10.3. The summed E-state index contributed by atoms with van der Waals surface area (Å²) in [5, 5.41) is 23.0. The van der Waals surface area contributed by atoms with Crippen LogP contribution in [0, 0.1) is 22.0 Å². The van der Waals surface area contributed by atoms with E-state index < -0.39 is 16.6 Å². The van der Waals surface area contributed by atoms with Gasteiger partial charge in [-0.1, -0.05) is 55.7 Å². The van der Waals surface area contributed by atoms with Crippen LogP contribution in [-0.4, -0.2) is 82.0 Å². The predicted octanol–water partition coefficient (Wildman–Crippen LogP) is 5.11. The molecule has 2 aromatic rings. The smallest absolute Gasteiger partial charge is 0.410 e. The minimum absolute atomic E-state index is 0.0107. The summed E-state index contributed by atoms with van der Waals surface area (Å²) in [6.45, 7) is 7.25. The van der Waals surface area contributed by atoms with Crippen molar-refractivity contribution >= 4 is 17.7 Å². The second kappa shape index (κ2) is 14.3. The molecule has 2 amide bonds. The maximum Gasteiger partial charge on any atom is 0.410 e. The van der Waals surface area contributed by atoms with Crippen LogP contribution in [0.1, 0.15) is 56.1 Å². The summed E-state index contributed by atoms with van der Waals surface area (Å²) in [5.41, 5.74) is 0.407. The maximum absolute atomic E-state index is 13.5. The van der Waals surface area contributed by atoms with Crippen LogP contribution in [0.5, 0.6) is 0 Å². The van der Waals surface area contributed by atoms with Crippen molar-refractivity contribution in [2.45, 2.75) is 63.2 Å². The van der Waals surface area contributed by atoms with E-state index in [9.17, 15) is 24.8 Å². The number of likely N-dealkylation sites (tertiary alicyclic amines) is 2. The van der Waals surface area contributed by atoms with Crippen molar-refractivity contribution in [3.8, 4) is 0 Å². The number of non-ortho nitro benzene ring substituents is 1. The van der Waals surface area contributed by atoms with Gasteiger partial charge in [-0.05, 0) is 48.9 Å². The molecule has 0 spiro atoms. The largest absolute Gasteiger partial charge is 0.445 e. The number of piperidine rings is 1. The summed E-state index contributed by atoms with van der Waals surface area (Å²) in [6.07, 6.45) is 8.02. The average Bonchev–Trinajstić information content (AvgIpc) is 3.40. The fraction of sp³-hybridized carbons (Fsp3) is 0.529. The van der Waals surface area contributed by atoms with E-state index in [1.54, 1.807) is 23.1 Å². The van der Waals surface area contributed by atoms with Crippen molar-refractivity contribution in [1.29, 1.82) is 0 Å². The van der Waals surface area contributed by atoms with Crippen molar-refractivity contribution < 1.29 is 24.4 Å². The standard InChI is InChI=1S/C34H44N4O6/c1-2-19-37(33(40)44-24-26-13-15-31(16-14-26)38(42)43)30-17-20-35(21-18-30)22-29-23-36(32(39)27-9-5-3-6-10-27)25-34(29,41)28-11-7-4-8-12-28/h2,4,7-8,11-16,27,29-30,41H,1,3,5-6,9-10,17-25H2. The van der Waals surface area contributed by atoms with E-state index in [2.05, 4.69) is 11.5 Å². The van der Waals surface area contributed by atoms with Gasteiger partial charge >= 0.3 is 6.09 Å². The predicted molar refractivity (Wildman–Crippen MR) is 167 cm³/mol. The van der Waals surface area contributed by atoms with Crippen molar-refractivity contribution in [2.24, 2.45) is 11.8 Å². The van der Waals surface area contributed by atoms with Crippen LogP contribution in [0.2, 0.25) is 0 Å². The molecule has 2 unspecified atom stereocenters. The average molecular weight is 605 g/mol. The van der Waals surface area contributed by atoms with Crippen molar-refractivity contribution in [3.63, 3.8) is 0 Å². The number of nitro benzene ring substituents is 1. The summed E-state index contributed by atoms with van der Waals surface area (Å²) < 4.78 is 5.58. The number of carbonyl (C=O) groups excluding carboxylic acids is 2. The number of β-amino-alcohol motifs (C(OH)–C–C–N with tert-alkyl or cyclic N) is 1. The lowest BCUT2D eigenvalue weighted by Crippen LogP contribution is -2.50. The summed E-state index contributed by atoms with van der Waals surface area (Å²) in [5.74, 6) is 0.131. The molecule has 1 aliphatic carbocycles. The zero-order chi connectivity index (χ0) is 31.1. The van der Waals surface area contributed by atoms with Crippen LogP contribution >= 0.6 is 0 Å². The molecule has 0 bridgehead atoms. The van der Waals surface area contributed by atoms with Gasteiger partial charge in [0.2, 0.25) is 5.91 Å². The van der Waals surface area contributed by atoms with E-state index in [1.807, 2.05) is 35.2 Å². The van der Waals surface area contributed by atoms with Gasteiger partial charge < -0.3 is 24.5 Å². The van der Waals surface area contributed by atoms with Gasteiger partial charge in [-0.3, -0.25) is 14.9 Å². The lowest BCUT2D eigenvalue weighted by Gasteiger charge is -2.40. The second-order valence-corrected chi connectivity index (χ2v) is 12.5. The highest BCUT2D eigenvalue weighted by Gasteiger charge is 2.49. The van der Waals surface area contributed by atoms with Gasteiger partial charge in [-0.25, -0.2) is 4.79 Å². The Morgan fingerprint density at radius 3 is 2.36 bits per heavy atom. The third kappa shape index (κ3) is 7.30. The maximum atomic E-state index is 13.5. The zero-order valence-corrected chi connectivity index (χ0v) is 25.4. The molecule has 44 heavy (non-hydrogen) atoms. The van der Waals surface area contributed by atoms with Crippen molar-refractivity contribution in [3.05, 3.63) is 88.5 Å². The van der Waals surface area contributed by atoms with E-state index in [0.29, 0.717) is 31.7 Å². The van der Waals surface area contributed by atoms with Gasteiger partial charge in [0.1, 0.15) is 12.2 Å². The Labute approximate surface area is 259 Å². The first-order valence-corrected chi connectivity index (χ1v) is 15.8. The molecule has 2 atom stereocenters. The third-order valence-electron chi connectivity index (χ3n) is 9.63. The number of carbonyl (C=O) groups is 2. The molecule has 2 heterocycles. The van der Waals surface area contributed by atoms with Crippen LogP contribution < -0.4 is 0 Å². The number of aliphatic hydroxyl groups is 1. The Bertz CT molecular complexity index is 1290. The highest BCUT2D eigenvalue weighted by molar-refractivity contribution is 5.79. The number of ether oxygens (including phenoxy) is 1. The Morgan fingerprint density at radius 1 is 1.05 bits per heavy atom. The first-order chi connectivity index (χ1) is 21.3. The van der Waals surface area contributed by atoms with Gasteiger partial charge in [0.15, 0.2) is 0 Å². The first kappa shape index (κ1) is 31.7. The molecule has 1 saturated carbocycles. The normalized spacial score (nSPS) is 23.3. The van der Waals surface area contributed by atoms with Crippen molar-refractivity contribution in [1.82, 2.24) is 14.7 Å². The minimum atomic E-state index is -1.11. The molecule has 1 N–H and O–H groups in total. The van der Waals surface area contributed by atoms with Crippen LogP contribution in [-0.2, 0) is 21.7 Å². The Morgan fingerprint density at radius 2 is 1.73 bits per heavy atom. The van der Waals surface area contributed by atoms with E-state index >= 15 is 0 Å². The van der Waals surface area contributed by atoms with Crippen molar-refractivity contribution in [2.75, 3.05) is 39.3 Å². The lowest BCUT2D eigenvalue weighted by molar-refractivity contribution is -0.384. The molecular formula is C34H44N4O6. The monoisotopic (exact) mass is 604 g/mol. The van der Waals surface area contributed by atoms with Crippen LogP contribution in [0.25, 0.3) is 0 Å². The third-order valence-corrected chi connectivity index (χ3v) is 9.63. The Balaban J connectivity index is 1.19. The van der Waals surface area contributed by atoms with Gasteiger partial charge in [0.05, 0.1) is 11.5 Å². The fourth-order valence-electron chi connectivity index (χ4n) is 7.12. The van der Waals surface area contributed by atoms with Gasteiger partial charge in [-0.15, -0.1) is 6.58 Å². The Hall–Kier alpha value is -3.76. The molecule has 0 aromatic heterocycles. The lowest BCUT2D eigenvalue weighted by atomic mass is 9.83. The topological polar surface area (TPSA) is 116 Å². The van der Waals surface area contributed by atoms with Gasteiger partial charge in [-0.2, -0.15) is 0 Å². The van der Waals surface area contributed by atoms with Crippen LogP contribution in [0.4, 0.5) is 10.5 Å². The number of benzene rings is 2. The highest BCUT2D eigenvalue weighted by atomic mass is 16.6. The quantitative estimate of drug-likeness (QED) is 0.228. The van der Waals surface area contributed by atoms with Crippen LogP contribution in [0.3, 0.4) is 0 Å². The minimum Gasteiger partial charge on any atom is -0.445 e. The molecule has 2 saturated heterocycles. The zero-order valence-electron chi connectivity index (χ0n) is 25.4. The number of rotatable bonds is 10. The number of hydrogen-bond acceptors (Lipinski definition) is 7. The molecule has 10 nitrogen and oxygen atoms in total. The SMILES string of the molecule is C=CCN(C(=O)OCc1ccc([N+](=O)[O-])cc1)C1CCN(CC2CN(C(=O)C3CCCCC3)CC2(O)c2ccccc2)CC1. The summed E-state index contributed by atoms with van der Waals surface area (Å²) in [4.78, 5) is 43.0. The number of amides is 2. The molecular weight excluding hydrogens is 560 g/mol. The molecule has 2 aromatic carbocycles. The number of hydrogen-bond donors (Lipinski definition) is 1. The molecule has 2 aliphatic heterocycles. The second-order valence-electron chi connectivity index (χ2n) is 12.5. The van der Waals surface area contributed by atoms with Gasteiger partial charge in [0.25, 0.3) is 5.69 Å². The summed E-state index contributed by atoms with van der Waals surface area (Å²) in [7, 11) is 0. The van der Waals surface area contributed by atoms with E-state index in [-0.39, 0.29) is 36.1 Å². The molecule has 236 valence electrons. The summed E-state index contributed by atoms with van der Waals surface area (Å²) >= 11 is 0. The summed E-state index contributed by atoms with van der Waals surface area (Å²) in [6, 6.07) is 15.7.